The van der Waals surface area contributed by atoms with Crippen LogP contribution in [0.25, 0.3) is 0 Å². The van der Waals surface area contributed by atoms with E-state index in [1.165, 1.54) is 0 Å². The summed E-state index contributed by atoms with van der Waals surface area (Å²) in [5.74, 6) is -0.159. The van der Waals surface area contributed by atoms with E-state index in [1.54, 1.807) is 0 Å². The lowest BCUT2D eigenvalue weighted by Crippen LogP contribution is -2.32. The van der Waals surface area contributed by atoms with Crippen LogP contribution in [0.4, 0.5) is 5.69 Å². The molecule has 2 aromatic rings. The van der Waals surface area contributed by atoms with E-state index in [4.69, 9.17) is 23.2 Å². The highest BCUT2D eigenvalue weighted by molar-refractivity contribution is 6.54. The number of hydrogen-bond acceptors (Lipinski definition) is 1. The average Bonchev–Trinajstić information content (AvgIpc) is 3.03. The van der Waals surface area contributed by atoms with Gasteiger partial charge in [0.1, 0.15) is 9.75 Å². The number of hydrogen-bond donors (Lipinski definition) is 1. The Hall–Kier alpha value is -1.51. The molecule has 0 saturated heterocycles. The van der Waals surface area contributed by atoms with E-state index in [2.05, 4.69) is 11.4 Å². The van der Waals surface area contributed by atoms with Gasteiger partial charge in [0, 0.05) is 12.1 Å². The number of anilines is 1. The summed E-state index contributed by atoms with van der Waals surface area (Å²) in [6.07, 6.45) is 0.420. The second-order valence-corrected chi connectivity index (χ2v) is 7.47. The summed E-state index contributed by atoms with van der Waals surface area (Å²) in [5.41, 5.74) is 2.94. The van der Waals surface area contributed by atoms with E-state index >= 15 is 0 Å². The minimum atomic E-state index is -1.06. The molecule has 2 nitrogen and oxygen atoms in total. The monoisotopic (exact) mass is 333 g/mol. The second-order valence-electron chi connectivity index (χ2n) is 5.98. The van der Waals surface area contributed by atoms with Crippen molar-refractivity contribution >= 4 is 34.8 Å². The Balaban J connectivity index is 1.93. The molecule has 1 atom stereocenters. The minimum absolute atomic E-state index is 0.159. The summed E-state index contributed by atoms with van der Waals surface area (Å²) in [7, 11) is 0. The van der Waals surface area contributed by atoms with Crippen LogP contribution < -0.4 is 5.32 Å². The number of carbonyl (C=O) groups excluding carboxylic acids is 1. The first-order valence-corrected chi connectivity index (χ1v) is 7.94. The Morgan fingerprint density at radius 1 is 1.05 bits per heavy atom. The van der Waals surface area contributed by atoms with Crippen molar-refractivity contribution in [3.8, 4) is 0 Å². The topological polar surface area (TPSA) is 29.1 Å². The van der Waals surface area contributed by atoms with Gasteiger partial charge < -0.3 is 5.32 Å². The third kappa shape index (κ3) is 2.51. The van der Waals surface area contributed by atoms with Crippen molar-refractivity contribution in [3.63, 3.8) is 0 Å². The molecular formula is C18H17Cl2NO. The van der Waals surface area contributed by atoms with Crippen LogP contribution in [0.2, 0.25) is 0 Å². The highest BCUT2D eigenvalue weighted by Crippen LogP contribution is 2.65. The maximum Gasteiger partial charge on any atom is 0.238 e. The summed E-state index contributed by atoms with van der Waals surface area (Å²) in [6, 6.07) is 15.4. The summed E-state index contributed by atoms with van der Waals surface area (Å²) in [5, 5.41) is 2.97. The van der Waals surface area contributed by atoms with Gasteiger partial charge in [0.05, 0.1) is 0 Å². The van der Waals surface area contributed by atoms with Gasteiger partial charge in [0.15, 0.2) is 0 Å². The number of rotatable bonds is 3. The zero-order valence-electron chi connectivity index (χ0n) is 12.5. The highest BCUT2D eigenvalue weighted by Gasteiger charge is 2.72. The van der Waals surface area contributed by atoms with Gasteiger partial charge in [-0.15, -0.1) is 23.2 Å². The number of alkyl halides is 2. The quantitative estimate of drug-likeness (QED) is 0.806. The van der Waals surface area contributed by atoms with Gasteiger partial charge in [0.2, 0.25) is 5.91 Å². The van der Waals surface area contributed by atoms with Crippen LogP contribution in [0.1, 0.15) is 23.1 Å². The lowest BCUT2D eigenvalue weighted by Gasteiger charge is -2.19. The van der Waals surface area contributed by atoms with Crippen LogP contribution in [-0.4, -0.2) is 10.2 Å². The zero-order chi connectivity index (χ0) is 16.0. The summed E-state index contributed by atoms with van der Waals surface area (Å²) in [4.78, 5) is 12.9. The molecule has 0 spiro atoms. The predicted octanol–water partition coefficient (Wildman–Crippen LogP) is 4.76. The second kappa shape index (κ2) is 5.29. The number of aryl methyl sites for hydroxylation is 2. The standard InChI is InChI=1S/C18H17Cl2NO/c1-12-8-13(2)10-15(9-12)21-16(22)17(11-18(17,19)20)14-6-4-3-5-7-14/h3-10H,11H2,1-2H3,(H,21,22)/t17-/m0/s1. The van der Waals surface area contributed by atoms with Gasteiger partial charge in [-0.3, -0.25) is 4.79 Å². The molecule has 4 heteroatoms. The first kappa shape index (κ1) is 15.4. The minimum Gasteiger partial charge on any atom is -0.325 e. The van der Waals surface area contributed by atoms with Crippen molar-refractivity contribution in [1.82, 2.24) is 0 Å². The molecule has 0 unspecified atom stereocenters. The van der Waals surface area contributed by atoms with E-state index in [0.29, 0.717) is 6.42 Å². The third-order valence-corrected chi connectivity index (χ3v) is 5.03. The Kier molecular flexibility index (Phi) is 3.70. The van der Waals surface area contributed by atoms with Crippen molar-refractivity contribution in [1.29, 1.82) is 0 Å². The molecule has 22 heavy (non-hydrogen) atoms. The van der Waals surface area contributed by atoms with Gasteiger partial charge in [-0.2, -0.15) is 0 Å². The van der Waals surface area contributed by atoms with E-state index in [0.717, 1.165) is 22.4 Å². The molecule has 1 saturated carbocycles. The Morgan fingerprint density at radius 2 is 1.59 bits per heavy atom. The van der Waals surface area contributed by atoms with Crippen LogP contribution in [-0.2, 0) is 10.2 Å². The van der Waals surface area contributed by atoms with Crippen molar-refractivity contribution in [2.24, 2.45) is 0 Å². The lowest BCUT2D eigenvalue weighted by molar-refractivity contribution is -0.118. The van der Waals surface area contributed by atoms with Crippen LogP contribution in [0.15, 0.2) is 48.5 Å². The average molecular weight is 334 g/mol. The van der Waals surface area contributed by atoms with Crippen molar-refractivity contribution in [2.45, 2.75) is 30.0 Å². The summed E-state index contributed by atoms with van der Waals surface area (Å²) in [6.45, 7) is 4.00. The van der Waals surface area contributed by atoms with Gasteiger partial charge in [-0.25, -0.2) is 0 Å². The summed E-state index contributed by atoms with van der Waals surface area (Å²) >= 11 is 12.7. The Bertz CT molecular complexity index is 707. The number of carbonyl (C=O) groups is 1. The maximum atomic E-state index is 12.9. The van der Waals surface area contributed by atoms with Gasteiger partial charge in [0.25, 0.3) is 0 Å². The molecule has 1 N–H and O–H groups in total. The maximum absolute atomic E-state index is 12.9. The SMILES string of the molecule is Cc1cc(C)cc(NC(=O)[C@@]2(c3ccccc3)CC2(Cl)Cl)c1. The molecule has 1 aliphatic carbocycles. The molecular weight excluding hydrogens is 317 g/mol. The van der Waals surface area contributed by atoms with Crippen molar-refractivity contribution < 1.29 is 4.79 Å². The number of halogens is 2. The van der Waals surface area contributed by atoms with Crippen LogP contribution in [0, 0.1) is 13.8 Å². The molecule has 0 heterocycles. The fourth-order valence-corrected chi connectivity index (χ4v) is 3.78. The third-order valence-electron chi connectivity index (χ3n) is 4.12. The summed E-state index contributed by atoms with van der Waals surface area (Å²) < 4.78 is -1.06. The number of amides is 1. The van der Waals surface area contributed by atoms with Gasteiger partial charge in [-0.1, -0.05) is 36.4 Å². The van der Waals surface area contributed by atoms with Crippen molar-refractivity contribution in [2.75, 3.05) is 5.32 Å². The molecule has 1 amide bonds. The fraction of sp³-hybridized carbons (Fsp3) is 0.278. The molecule has 114 valence electrons. The van der Waals surface area contributed by atoms with Crippen molar-refractivity contribution in [3.05, 3.63) is 65.2 Å². The molecule has 1 fully saturated rings. The van der Waals surface area contributed by atoms with E-state index in [9.17, 15) is 4.79 Å². The Morgan fingerprint density at radius 3 is 2.09 bits per heavy atom. The highest BCUT2D eigenvalue weighted by atomic mass is 35.5. The molecule has 2 aromatic carbocycles. The Labute approximate surface area is 140 Å². The van der Waals surface area contributed by atoms with E-state index < -0.39 is 9.75 Å². The molecule has 3 rings (SSSR count). The predicted molar refractivity (Wildman–Crippen MR) is 91.7 cm³/mol. The van der Waals surface area contributed by atoms with E-state index in [-0.39, 0.29) is 5.91 Å². The van der Waals surface area contributed by atoms with Crippen LogP contribution in [0.3, 0.4) is 0 Å². The van der Waals surface area contributed by atoms with E-state index in [1.807, 2.05) is 56.3 Å². The van der Waals surface area contributed by atoms with Crippen LogP contribution in [0.5, 0.6) is 0 Å². The smallest absolute Gasteiger partial charge is 0.238 e. The molecule has 0 bridgehead atoms. The molecule has 0 aromatic heterocycles. The molecule has 0 radical (unpaired) electrons. The first-order valence-electron chi connectivity index (χ1n) is 7.18. The zero-order valence-corrected chi connectivity index (χ0v) is 14.0. The fourth-order valence-electron chi connectivity index (χ4n) is 2.99. The molecule has 0 aliphatic heterocycles. The van der Waals surface area contributed by atoms with Gasteiger partial charge >= 0.3 is 0 Å². The first-order chi connectivity index (χ1) is 10.3. The van der Waals surface area contributed by atoms with Gasteiger partial charge in [-0.05, 0) is 42.7 Å². The lowest BCUT2D eigenvalue weighted by atomic mass is 9.94. The number of benzene rings is 2. The molecule has 1 aliphatic rings. The number of nitrogens with one attached hydrogen (secondary N) is 1. The normalized spacial score (nSPS) is 22.2. The largest absolute Gasteiger partial charge is 0.325 e. The van der Waals surface area contributed by atoms with Crippen LogP contribution >= 0.6 is 23.2 Å².